The van der Waals surface area contributed by atoms with E-state index in [-0.39, 0.29) is 24.2 Å². The van der Waals surface area contributed by atoms with Crippen molar-refractivity contribution in [3.05, 3.63) is 0 Å². The number of esters is 1. The van der Waals surface area contributed by atoms with Crippen molar-refractivity contribution in [3.8, 4) is 0 Å². The van der Waals surface area contributed by atoms with Gasteiger partial charge in [0.1, 0.15) is 0 Å². The second kappa shape index (κ2) is 10.8. The molecule has 0 unspecified atom stereocenters. The molecule has 0 N–H and O–H groups in total. The van der Waals surface area contributed by atoms with Gasteiger partial charge in [-0.2, -0.15) is 0 Å². The fourth-order valence-electron chi connectivity index (χ4n) is 1.96. The Labute approximate surface area is 116 Å². The van der Waals surface area contributed by atoms with Crippen molar-refractivity contribution in [2.45, 2.75) is 39.5 Å². The van der Waals surface area contributed by atoms with Gasteiger partial charge in [0.2, 0.25) is 5.91 Å². The molecular formula is C14H27NO4. The number of hydrogen-bond acceptors (Lipinski definition) is 4. The van der Waals surface area contributed by atoms with Gasteiger partial charge in [0.25, 0.3) is 0 Å². The summed E-state index contributed by atoms with van der Waals surface area (Å²) in [6, 6.07) is 0. The summed E-state index contributed by atoms with van der Waals surface area (Å²) >= 11 is 0. The van der Waals surface area contributed by atoms with Crippen LogP contribution in [0.15, 0.2) is 0 Å². The monoisotopic (exact) mass is 273 g/mol. The van der Waals surface area contributed by atoms with Crippen LogP contribution in [0.3, 0.4) is 0 Å². The van der Waals surface area contributed by atoms with Crippen LogP contribution < -0.4 is 0 Å². The number of carbonyl (C=O) groups is 2. The third-order valence-electron chi connectivity index (χ3n) is 3.24. The molecule has 0 atom stereocenters. The highest BCUT2D eigenvalue weighted by atomic mass is 16.5. The minimum Gasteiger partial charge on any atom is -0.469 e. The van der Waals surface area contributed by atoms with Crippen LogP contribution in [0, 0.1) is 5.92 Å². The van der Waals surface area contributed by atoms with Gasteiger partial charge in [0, 0.05) is 32.7 Å². The Morgan fingerprint density at radius 2 is 1.74 bits per heavy atom. The Morgan fingerprint density at radius 1 is 1.11 bits per heavy atom. The topological polar surface area (TPSA) is 55.8 Å². The van der Waals surface area contributed by atoms with Crippen molar-refractivity contribution < 1.29 is 19.1 Å². The lowest BCUT2D eigenvalue weighted by atomic mass is 10.0. The standard InChI is InChI=1S/C14H27NO4/c1-5-12(6-2)14(17)15(9-7-11-18-3)10-8-13(16)19-4/h12H,5-11H2,1-4H3. The lowest BCUT2D eigenvalue weighted by Gasteiger charge is -2.26. The van der Waals surface area contributed by atoms with Crippen LogP contribution in [0.25, 0.3) is 0 Å². The smallest absolute Gasteiger partial charge is 0.307 e. The van der Waals surface area contributed by atoms with E-state index in [1.54, 1.807) is 12.0 Å². The molecular weight excluding hydrogens is 246 g/mol. The first-order valence-corrected chi connectivity index (χ1v) is 6.95. The lowest BCUT2D eigenvalue weighted by molar-refractivity contribution is -0.142. The minimum absolute atomic E-state index is 0.0418. The van der Waals surface area contributed by atoms with E-state index in [0.29, 0.717) is 19.7 Å². The Balaban J connectivity index is 4.45. The van der Waals surface area contributed by atoms with E-state index < -0.39 is 0 Å². The average molecular weight is 273 g/mol. The van der Waals surface area contributed by atoms with E-state index in [4.69, 9.17) is 4.74 Å². The van der Waals surface area contributed by atoms with Crippen molar-refractivity contribution >= 4 is 11.9 Å². The number of methoxy groups -OCH3 is 2. The molecule has 0 radical (unpaired) electrons. The van der Waals surface area contributed by atoms with Crippen molar-refractivity contribution in [3.63, 3.8) is 0 Å². The number of carbonyl (C=O) groups excluding carboxylic acids is 2. The van der Waals surface area contributed by atoms with Crippen molar-refractivity contribution in [2.75, 3.05) is 33.9 Å². The van der Waals surface area contributed by atoms with Crippen LogP contribution in [0.2, 0.25) is 0 Å². The molecule has 0 aromatic carbocycles. The maximum Gasteiger partial charge on any atom is 0.307 e. The normalized spacial score (nSPS) is 10.6. The number of amides is 1. The molecule has 0 aliphatic heterocycles. The zero-order valence-corrected chi connectivity index (χ0v) is 12.6. The third-order valence-corrected chi connectivity index (χ3v) is 3.24. The zero-order valence-electron chi connectivity index (χ0n) is 12.6. The van der Waals surface area contributed by atoms with Gasteiger partial charge in [-0.15, -0.1) is 0 Å². The summed E-state index contributed by atoms with van der Waals surface area (Å²) in [5.41, 5.74) is 0. The molecule has 0 heterocycles. The summed E-state index contributed by atoms with van der Waals surface area (Å²) in [5.74, 6) is -0.112. The number of rotatable bonds is 10. The van der Waals surface area contributed by atoms with Crippen LogP contribution in [-0.4, -0.2) is 50.7 Å². The maximum atomic E-state index is 12.3. The molecule has 0 saturated heterocycles. The van der Waals surface area contributed by atoms with E-state index in [0.717, 1.165) is 19.3 Å². The first-order valence-electron chi connectivity index (χ1n) is 6.95. The first-order chi connectivity index (χ1) is 9.10. The molecule has 0 fully saturated rings. The molecule has 0 spiro atoms. The van der Waals surface area contributed by atoms with E-state index in [9.17, 15) is 9.59 Å². The summed E-state index contributed by atoms with van der Waals surface area (Å²) in [6.45, 7) is 5.69. The number of hydrogen-bond donors (Lipinski definition) is 0. The largest absolute Gasteiger partial charge is 0.469 e. The van der Waals surface area contributed by atoms with Crippen LogP contribution in [0.1, 0.15) is 39.5 Å². The Bertz CT molecular complexity index is 264. The van der Waals surface area contributed by atoms with Gasteiger partial charge in [-0.1, -0.05) is 13.8 Å². The first kappa shape index (κ1) is 17.9. The van der Waals surface area contributed by atoms with Crippen molar-refractivity contribution in [1.82, 2.24) is 4.90 Å². The van der Waals surface area contributed by atoms with Crippen molar-refractivity contribution in [2.24, 2.45) is 5.92 Å². The molecule has 112 valence electrons. The minimum atomic E-state index is -0.283. The van der Waals surface area contributed by atoms with E-state index in [1.165, 1.54) is 7.11 Å². The van der Waals surface area contributed by atoms with Crippen LogP contribution in [0.5, 0.6) is 0 Å². The Morgan fingerprint density at radius 3 is 2.21 bits per heavy atom. The number of ether oxygens (including phenoxy) is 2. The molecule has 0 aromatic rings. The Hall–Kier alpha value is -1.10. The molecule has 0 aromatic heterocycles. The molecule has 0 rings (SSSR count). The highest BCUT2D eigenvalue weighted by molar-refractivity contribution is 5.79. The molecule has 19 heavy (non-hydrogen) atoms. The summed E-state index contributed by atoms with van der Waals surface area (Å²) in [5, 5.41) is 0. The maximum absolute atomic E-state index is 12.3. The molecule has 0 bridgehead atoms. The predicted octanol–water partition coefficient (Wildman–Crippen LogP) is 1.85. The van der Waals surface area contributed by atoms with Gasteiger partial charge in [0.05, 0.1) is 13.5 Å². The fourth-order valence-corrected chi connectivity index (χ4v) is 1.96. The van der Waals surface area contributed by atoms with Gasteiger partial charge >= 0.3 is 5.97 Å². The molecule has 1 amide bonds. The molecule has 5 nitrogen and oxygen atoms in total. The van der Waals surface area contributed by atoms with Gasteiger partial charge in [-0.05, 0) is 19.3 Å². The van der Waals surface area contributed by atoms with Gasteiger partial charge in [0.15, 0.2) is 0 Å². The Kier molecular flexibility index (Phi) is 10.2. The van der Waals surface area contributed by atoms with E-state index >= 15 is 0 Å². The quantitative estimate of drug-likeness (QED) is 0.450. The fraction of sp³-hybridized carbons (Fsp3) is 0.857. The number of nitrogens with zero attached hydrogens (tertiary/aromatic N) is 1. The summed E-state index contributed by atoms with van der Waals surface area (Å²) in [6.07, 6.45) is 2.68. The zero-order chi connectivity index (χ0) is 14.7. The SMILES string of the molecule is CCC(CC)C(=O)N(CCCOC)CCC(=O)OC. The molecule has 0 aliphatic rings. The molecule has 0 aliphatic carbocycles. The highest BCUT2D eigenvalue weighted by Crippen LogP contribution is 2.13. The van der Waals surface area contributed by atoms with Crippen LogP contribution in [0.4, 0.5) is 0 Å². The van der Waals surface area contributed by atoms with Gasteiger partial charge < -0.3 is 14.4 Å². The van der Waals surface area contributed by atoms with E-state index in [2.05, 4.69) is 4.74 Å². The second-order valence-electron chi connectivity index (χ2n) is 4.51. The molecule has 0 saturated carbocycles. The predicted molar refractivity (Wildman–Crippen MR) is 73.8 cm³/mol. The summed E-state index contributed by atoms with van der Waals surface area (Å²) in [4.78, 5) is 25.3. The van der Waals surface area contributed by atoms with E-state index in [1.807, 2.05) is 13.8 Å². The van der Waals surface area contributed by atoms with Gasteiger partial charge in [-0.3, -0.25) is 9.59 Å². The van der Waals surface area contributed by atoms with Crippen LogP contribution >= 0.6 is 0 Å². The third kappa shape index (κ3) is 7.15. The molecule has 5 heteroatoms. The second-order valence-corrected chi connectivity index (χ2v) is 4.51. The van der Waals surface area contributed by atoms with Crippen molar-refractivity contribution in [1.29, 1.82) is 0 Å². The average Bonchev–Trinajstić information content (AvgIpc) is 2.43. The van der Waals surface area contributed by atoms with Crippen LogP contribution in [-0.2, 0) is 19.1 Å². The highest BCUT2D eigenvalue weighted by Gasteiger charge is 2.21. The summed E-state index contributed by atoms with van der Waals surface area (Å²) in [7, 11) is 3.00. The van der Waals surface area contributed by atoms with Gasteiger partial charge in [-0.25, -0.2) is 0 Å². The summed E-state index contributed by atoms with van der Waals surface area (Å²) < 4.78 is 9.62. The lowest BCUT2D eigenvalue weighted by Crippen LogP contribution is -2.38.